The molecule has 6 heteroatoms. The van der Waals surface area contributed by atoms with Gasteiger partial charge in [-0.2, -0.15) is 0 Å². The molecule has 2 N–H and O–H groups in total. The fraction of sp³-hybridized carbons (Fsp3) is 0.333. The first-order valence-electron chi connectivity index (χ1n) is 6.68. The molecule has 1 unspecified atom stereocenters. The third-order valence-corrected chi connectivity index (χ3v) is 3.08. The quantitative estimate of drug-likeness (QED) is 0.854. The van der Waals surface area contributed by atoms with Crippen LogP contribution in [0, 0.1) is 0 Å². The number of aromatic carboxylic acids is 1. The summed E-state index contributed by atoms with van der Waals surface area (Å²) in [6.07, 6.45) is 0.872. The number of furan rings is 1. The van der Waals surface area contributed by atoms with E-state index < -0.39 is 5.97 Å². The van der Waals surface area contributed by atoms with Crippen LogP contribution < -0.4 is 5.32 Å². The molecule has 112 valence electrons. The zero-order valence-electron chi connectivity index (χ0n) is 11.9. The number of hydrogen-bond acceptors (Lipinski definition) is 4. The highest BCUT2D eigenvalue weighted by Crippen LogP contribution is 2.23. The molecule has 6 nitrogen and oxygen atoms in total. The van der Waals surface area contributed by atoms with Gasteiger partial charge in [0, 0.05) is 11.1 Å². The van der Waals surface area contributed by atoms with E-state index in [9.17, 15) is 9.59 Å². The van der Waals surface area contributed by atoms with Crippen LogP contribution >= 0.6 is 0 Å². The molecular weight excluding hydrogens is 274 g/mol. The number of carbonyl (C=O) groups is 2. The Morgan fingerprint density at radius 1 is 1.38 bits per heavy atom. The van der Waals surface area contributed by atoms with Crippen LogP contribution in [-0.2, 0) is 9.53 Å². The van der Waals surface area contributed by atoms with E-state index in [2.05, 4.69) is 5.32 Å². The maximum Gasteiger partial charge on any atom is 0.371 e. The summed E-state index contributed by atoms with van der Waals surface area (Å²) in [7, 11) is 0. The third kappa shape index (κ3) is 3.82. The third-order valence-electron chi connectivity index (χ3n) is 3.08. The Morgan fingerprint density at radius 2 is 2.14 bits per heavy atom. The maximum absolute atomic E-state index is 11.7. The van der Waals surface area contributed by atoms with E-state index in [0.29, 0.717) is 16.7 Å². The first kappa shape index (κ1) is 15.1. The standard InChI is InChI=1S/C15H17NO5/c1-3-9(2)20-8-14(17)16-11-4-5-12-10(6-11)7-13(21-12)15(18)19/h4-7,9H,3,8H2,1-2H3,(H,16,17)(H,18,19). The van der Waals surface area contributed by atoms with E-state index >= 15 is 0 Å². The number of ether oxygens (including phenoxy) is 1. The number of carboxylic acid groups (broad SMARTS) is 1. The summed E-state index contributed by atoms with van der Waals surface area (Å²) in [5.41, 5.74) is 1.03. The van der Waals surface area contributed by atoms with Crippen LogP contribution in [-0.4, -0.2) is 29.7 Å². The number of amides is 1. The van der Waals surface area contributed by atoms with E-state index in [4.69, 9.17) is 14.3 Å². The minimum Gasteiger partial charge on any atom is -0.475 e. The van der Waals surface area contributed by atoms with Gasteiger partial charge in [0.15, 0.2) is 0 Å². The van der Waals surface area contributed by atoms with Crippen LogP contribution in [0.5, 0.6) is 0 Å². The number of carbonyl (C=O) groups excluding carboxylic acids is 1. The Balaban J connectivity index is 2.05. The molecule has 2 rings (SSSR count). The van der Waals surface area contributed by atoms with Gasteiger partial charge >= 0.3 is 5.97 Å². The highest BCUT2D eigenvalue weighted by Gasteiger charge is 2.11. The van der Waals surface area contributed by atoms with Gasteiger partial charge in [-0.05, 0) is 37.6 Å². The molecule has 0 radical (unpaired) electrons. The summed E-state index contributed by atoms with van der Waals surface area (Å²) in [6, 6.07) is 6.35. The van der Waals surface area contributed by atoms with Crippen molar-refractivity contribution in [1.82, 2.24) is 0 Å². The SMILES string of the molecule is CCC(C)OCC(=O)Nc1ccc2oc(C(=O)O)cc2c1. The van der Waals surface area contributed by atoms with Crippen molar-refractivity contribution >= 4 is 28.5 Å². The Hall–Kier alpha value is -2.34. The minimum absolute atomic E-state index is 0.0151. The van der Waals surface area contributed by atoms with Gasteiger partial charge in [-0.25, -0.2) is 4.79 Å². The van der Waals surface area contributed by atoms with Crippen LogP contribution in [0.1, 0.15) is 30.8 Å². The summed E-state index contributed by atoms with van der Waals surface area (Å²) >= 11 is 0. The average Bonchev–Trinajstić information content (AvgIpc) is 2.88. The number of rotatable bonds is 6. The molecule has 2 aromatic rings. The summed E-state index contributed by atoms with van der Waals surface area (Å²) in [5, 5.41) is 12.2. The Morgan fingerprint density at radius 3 is 2.81 bits per heavy atom. The Bertz CT molecular complexity index is 661. The van der Waals surface area contributed by atoms with Gasteiger partial charge in [-0.1, -0.05) is 6.92 Å². The second-order valence-electron chi connectivity index (χ2n) is 4.75. The largest absolute Gasteiger partial charge is 0.475 e. The lowest BCUT2D eigenvalue weighted by molar-refractivity contribution is -0.122. The summed E-state index contributed by atoms with van der Waals surface area (Å²) in [6.45, 7) is 3.87. The highest BCUT2D eigenvalue weighted by molar-refractivity contribution is 5.96. The van der Waals surface area contributed by atoms with Crippen molar-refractivity contribution < 1.29 is 23.8 Å². The fourth-order valence-corrected chi connectivity index (χ4v) is 1.76. The molecule has 0 aliphatic heterocycles. The van der Waals surface area contributed by atoms with Crippen molar-refractivity contribution in [2.45, 2.75) is 26.4 Å². The smallest absolute Gasteiger partial charge is 0.371 e. The molecule has 0 aliphatic rings. The topological polar surface area (TPSA) is 88.8 Å². The van der Waals surface area contributed by atoms with E-state index in [1.165, 1.54) is 6.07 Å². The first-order valence-corrected chi connectivity index (χ1v) is 6.68. The van der Waals surface area contributed by atoms with Crippen molar-refractivity contribution in [2.24, 2.45) is 0 Å². The number of carboxylic acids is 1. The van der Waals surface area contributed by atoms with Gasteiger partial charge in [0.1, 0.15) is 12.2 Å². The number of hydrogen-bond donors (Lipinski definition) is 2. The minimum atomic E-state index is -1.13. The van der Waals surface area contributed by atoms with Crippen molar-refractivity contribution in [3.05, 3.63) is 30.0 Å². The number of anilines is 1. The summed E-state index contributed by atoms with van der Waals surface area (Å²) in [4.78, 5) is 22.6. The maximum atomic E-state index is 11.7. The second kappa shape index (κ2) is 6.41. The van der Waals surface area contributed by atoms with Crippen LogP contribution in [0.3, 0.4) is 0 Å². The number of benzene rings is 1. The average molecular weight is 291 g/mol. The molecule has 21 heavy (non-hydrogen) atoms. The molecule has 0 fully saturated rings. The lowest BCUT2D eigenvalue weighted by atomic mass is 10.2. The van der Waals surface area contributed by atoms with Crippen LogP contribution in [0.25, 0.3) is 11.0 Å². The first-order chi connectivity index (χ1) is 9.99. The molecule has 0 aliphatic carbocycles. The van der Waals surface area contributed by atoms with Crippen LogP contribution in [0.15, 0.2) is 28.7 Å². The monoisotopic (exact) mass is 291 g/mol. The van der Waals surface area contributed by atoms with Gasteiger partial charge in [-0.15, -0.1) is 0 Å². The van der Waals surface area contributed by atoms with E-state index in [1.807, 2.05) is 13.8 Å². The molecule has 0 spiro atoms. The molecular formula is C15H17NO5. The summed E-state index contributed by atoms with van der Waals surface area (Å²) < 4.78 is 10.5. The lowest BCUT2D eigenvalue weighted by Gasteiger charge is -2.10. The number of fused-ring (bicyclic) bond motifs is 1. The van der Waals surface area contributed by atoms with Gasteiger partial charge in [0.2, 0.25) is 11.7 Å². The van der Waals surface area contributed by atoms with Crippen LogP contribution in [0.2, 0.25) is 0 Å². The number of nitrogens with one attached hydrogen (secondary N) is 1. The van der Waals surface area contributed by atoms with E-state index in [0.717, 1.165) is 6.42 Å². The molecule has 0 saturated heterocycles. The van der Waals surface area contributed by atoms with Crippen molar-refractivity contribution in [3.63, 3.8) is 0 Å². The highest BCUT2D eigenvalue weighted by atomic mass is 16.5. The molecule has 1 heterocycles. The predicted molar refractivity (Wildman–Crippen MR) is 77.5 cm³/mol. The van der Waals surface area contributed by atoms with E-state index in [1.54, 1.807) is 18.2 Å². The normalized spacial score (nSPS) is 12.3. The van der Waals surface area contributed by atoms with Crippen LogP contribution in [0.4, 0.5) is 5.69 Å². The second-order valence-corrected chi connectivity index (χ2v) is 4.75. The Kier molecular flexibility index (Phi) is 4.59. The van der Waals surface area contributed by atoms with E-state index in [-0.39, 0.29) is 24.4 Å². The Labute approximate surface area is 121 Å². The summed E-state index contributed by atoms with van der Waals surface area (Å²) in [5.74, 6) is -1.51. The zero-order valence-corrected chi connectivity index (χ0v) is 11.9. The molecule has 0 saturated carbocycles. The fourth-order valence-electron chi connectivity index (χ4n) is 1.76. The zero-order chi connectivity index (χ0) is 15.4. The van der Waals surface area contributed by atoms with Gasteiger partial charge in [-0.3, -0.25) is 4.79 Å². The predicted octanol–water partition coefficient (Wildman–Crippen LogP) is 2.88. The van der Waals surface area contributed by atoms with Gasteiger partial charge < -0.3 is 19.6 Å². The molecule has 1 atom stereocenters. The van der Waals surface area contributed by atoms with Crippen molar-refractivity contribution in [1.29, 1.82) is 0 Å². The lowest BCUT2D eigenvalue weighted by Crippen LogP contribution is -2.21. The molecule has 0 bridgehead atoms. The molecule has 1 amide bonds. The van der Waals surface area contributed by atoms with Gasteiger partial charge in [0.25, 0.3) is 0 Å². The van der Waals surface area contributed by atoms with Gasteiger partial charge in [0.05, 0.1) is 6.10 Å². The molecule has 1 aromatic heterocycles. The molecule has 1 aromatic carbocycles. The van der Waals surface area contributed by atoms with Crippen molar-refractivity contribution in [2.75, 3.05) is 11.9 Å². The van der Waals surface area contributed by atoms with Crippen molar-refractivity contribution in [3.8, 4) is 0 Å².